The summed E-state index contributed by atoms with van der Waals surface area (Å²) in [7, 11) is 1.29. The molecule has 1 fully saturated rings. The van der Waals surface area contributed by atoms with Gasteiger partial charge in [-0.3, -0.25) is 19.2 Å². The Balaban J connectivity index is 0.00000304. The molecule has 0 saturated carbocycles. The van der Waals surface area contributed by atoms with E-state index in [-0.39, 0.29) is 26.9 Å². The molecule has 0 spiro atoms. The molecule has 2 atom stereocenters. The topological polar surface area (TPSA) is 154 Å². The standard InChI is InChI=1S/C22H22N6O5S2.FH/c1-33-26-15(13-10-35-22(23)24-13)18(29)25-16-19(30)28-17(21(31)32)12(9-34-20(16)28)8-27-7-3-5-11-4-2-6-14(11)27;/h3,5,7,10,16,20H,2,4,6,8-9H2,1H3,(H3-,23,24,25,29,31,32);1H/b26-15-;/t16-,20-;/m1./s1. The lowest BCUT2D eigenvalue weighted by Crippen LogP contribution is -2.71. The maximum Gasteiger partial charge on any atom is 0.276 e. The van der Waals surface area contributed by atoms with Gasteiger partial charge in [0.25, 0.3) is 11.8 Å². The van der Waals surface area contributed by atoms with Gasteiger partial charge in [-0.15, -0.1) is 23.1 Å². The van der Waals surface area contributed by atoms with Crippen LogP contribution < -0.4 is 20.7 Å². The summed E-state index contributed by atoms with van der Waals surface area (Å²) in [6, 6.07) is 3.12. The summed E-state index contributed by atoms with van der Waals surface area (Å²) in [6.45, 7) is 0.364. The van der Waals surface area contributed by atoms with Crippen molar-refractivity contribution in [3.63, 3.8) is 0 Å². The predicted molar refractivity (Wildman–Crippen MR) is 128 cm³/mol. The first-order valence-electron chi connectivity index (χ1n) is 10.9. The zero-order valence-corrected chi connectivity index (χ0v) is 20.8. The molecule has 11 nitrogen and oxygen atoms in total. The van der Waals surface area contributed by atoms with Gasteiger partial charge in [0, 0.05) is 34.8 Å². The van der Waals surface area contributed by atoms with Crippen LogP contribution in [0.5, 0.6) is 0 Å². The molecular weight excluding hydrogens is 511 g/mol. The summed E-state index contributed by atoms with van der Waals surface area (Å²) in [5, 5.41) is 19.7. The number of nitrogen functional groups attached to an aromatic ring is 1. The van der Waals surface area contributed by atoms with Gasteiger partial charge < -0.3 is 25.8 Å². The Hall–Kier alpha value is -3.52. The van der Waals surface area contributed by atoms with Crippen molar-refractivity contribution < 1.29 is 33.6 Å². The van der Waals surface area contributed by atoms with Gasteiger partial charge in [-0.2, -0.15) is 4.57 Å². The van der Waals surface area contributed by atoms with Crippen molar-refractivity contribution in [3.8, 4) is 0 Å². The predicted octanol–water partition coefficient (Wildman–Crippen LogP) is -0.891. The van der Waals surface area contributed by atoms with Gasteiger partial charge in [0.1, 0.15) is 24.2 Å². The number of β-lactam (4-membered cyclic amide) rings is 1. The van der Waals surface area contributed by atoms with E-state index in [2.05, 4.69) is 26.1 Å². The van der Waals surface area contributed by atoms with Crippen molar-refractivity contribution in [2.75, 3.05) is 18.6 Å². The molecule has 14 heteroatoms. The van der Waals surface area contributed by atoms with Gasteiger partial charge in [0.05, 0.1) is 11.7 Å². The van der Waals surface area contributed by atoms with Crippen LogP contribution in [0.4, 0.5) is 9.84 Å². The highest BCUT2D eigenvalue weighted by molar-refractivity contribution is 8.00. The number of amides is 2. The zero-order valence-electron chi connectivity index (χ0n) is 19.1. The molecule has 0 radical (unpaired) electrons. The summed E-state index contributed by atoms with van der Waals surface area (Å²) >= 11 is 2.53. The molecule has 1 saturated heterocycles. The largest absolute Gasteiger partial charge is 0.543 e. The Bertz CT molecular complexity index is 1300. The van der Waals surface area contributed by atoms with E-state index in [0.29, 0.717) is 17.9 Å². The number of rotatable bonds is 7. The molecular formula is C22H23FN6O5S2. The summed E-state index contributed by atoms with van der Waals surface area (Å²) in [6.07, 6.45) is 4.94. The number of thiazole rings is 1. The number of pyridine rings is 1. The van der Waals surface area contributed by atoms with E-state index in [1.54, 1.807) is 5.38 Å². The molecule has 2 aliphatic heterocycles. The Morgan fingerprint density at radius 1 is 1.42 bits per heavy atom. The average Bonchev–Trinajstić information content (AvgIpc) is 3.49. The second kappa shape index (κ2) is 10.2. The molecule has 5 rings (SSSR count). The first-order chi connectivity index (χ1) is 16.9. The lowest BCUT2D eigenvalue weighted by molar-refractivity contribution is -0.696. The molecule has 4 heterocycles. The fourth-order valence-corrected chi connectivity index (χ4v) is 6.54. The third-order valence-electron chi connectivity index (χ3n) is 6.19. The van der Waals surface area contributed by atoms with Crippen molar-refractivity contribution in [2.45, 2.75) is 37.2 Å². The molecule has 2 amide bonds. The first kappa shape index (κ1) is 25.6. The van der Waals surface area contributed by atoms with Crippen LogP contribution in [0.15, 0.2) is 40.1 Å². The maximum atomic E-state index is 13.0. The number of anilines is 1. The lowest BCUT2D eigenvalue weighted by atomic mass is 10.0. The van der Waals surface area contributed by atoms with Crippen LogP contribution >= 0.6 is 23.1 Å². The molecule has 3 N–H and O–H groups in total. The second-order valence-corrected chi connectivity index (χ2v) is 10.3. The number of fused-ring (bicyclic) bond motifs is 2. The lowest BCUT2D eigenvalue weighted by Gasteiger charge is -2.50. The number of hydrogen-bond donors (Lipinski definition) is 2. The number of carboxylic acids is 1. The minimum atomic E-state index is -1.41. The third-order valence-corrected chi connectivity index (χ3v) is 8.20. The smallest absolute Gasteiger partial charge is 0.276 e. The van der Waals surface area contributed by atoms with E-state index in [1.807, 2.05) is 12.3 Å². The molecule has 0 bridgehead atoms. The van der Waals surface area contributed by atoms with Crippen LogP contribution in [0.2, 0.25) is 0 Å². The Kier molecular flexibility index (Phi) is 7.26. The van der Waals surface area contributed by atoms with Gasteiger partial charge in [-0.25, -0.2) is 4.98 Å². The third kappa shape index (κ3) is 4.41. The van der Waals surface area contributed by atoms with E-state index in [0.717, 1.165) is 30.6 Å². The molecule has 2 aromatic rings. The number of aryl methyl sites for hydroxylation is 1. The fraction of sp³-hybridized carbons (Fsp3) is 0.364. The summed E-state index contributed by atoms with van der Waals surface area (Å²) in [5.41, 5.74) is 8.69. The number of halogens is 1. The molecule has 3 aliphatic rings. The Morgan fingerprint density at radius 3 is 2.92 bits per heavy atom. The van der Waals surface area contributed by atoms with Gasteiger partial charge in [-0.05, 0) is 18.9 Å². The Morgan fingerprint density at radius 2 is 2.22 bits per heavy atom. The number of carboxylic acid groups (broad SMARTS) is 1. The summed E-state index contributed by atoms with van der Waals surface area (Å²) in [5.74, 6) is -2.21. The molecule has 1 aliphatic carbocycles. The molecule has 2 aromatic heterocycles. The van der Waals surface area contributed by atoms with Gasteiger partial charge >= 0.3 is 0 Å². The van der Waals surface area contributed by atoms with Crippen LogP contribution in [0.25, 0.3) is 0 Å². The van der Waals surface area contributed by atoms with Crippen molar-refractivity contribution in [1.29, 1.82) is 0 Å². The monoisotopic (exact) mass is 534 g/mol. The minimum absolute atomic E-state index is 0. The Labute approximate surface area is 213 Å². The number of hydrogen-bond acceptors (Lipinski definition) is 10. The number of nitrogens with one attached hydrogen (secondary N) is 1. The van der Waals surface area contributed by atoms with Crippen LogP contribution in [0, 0.1) is 0 Å². The van der Waals surface area contributed by atoms with Gasteiger partial charge in [0.15, 0.2) is 29.3 Å². The molecule has 190 valence electrons. The number of aliphatic carboxylic acids is 1. The van der Waals surface area contributed by atoms with Crippen molar-refractivity contribution in [1.82, 2.24) is 15.2 Å². The van der Waals surface area contributed by atoms with Crippen molar-refractivity contribution in [3.05, 3.63) is 51.9 Å². The van der Waals surface area contributed by atoms with Gasteiger partial charge in [-0.1, -0.05) is 5.16 Å². The normalized spacial score (nSPS) is 20.8. The summed E-state index contributed by atoms with van der Waals surface area (Å²) in [4.78, 5) is 48.0. The number of oxime groups is 1. The zero-order chi connectivity index (χ0) is 24.7. The highest BCUT2D eigenvalue weighted by Gasteiger charge is 2.53. The highest BCUT2D eigenvalue weighted by atomic mass is 32.2. The number of carbonyl (C=O) groups is 3. The van der Waals surface area contributed by atoms with E-state index in [4.69, 9.17) is 10.6 Å². The van der Waals surface area contributed by atoms with E-state index in [9.17, 15) is 19.5 Å². The minimum Gasteiger partial charge on any atom is -0.543 e. The number of carbonyl (C=O) groups excluding carboxylic acids is 3. The number of nitrogens with zero attached hydrogens (tertiary/aromatic N) is 4. The van der Waals surface area contributed by atoms with E-state index >= 15 is 0 Å². The highest BCUT2D eigenvalue weighted by Crippen LogP contribution is 2.40. The number of thioether (sulfide) groups is 1. The first-order valence-corrected chi connectivity index (χ1v) is 12.8. The molecule has 0 unspecified atom stereocenters. The molecule has 0 aromatic carbocycles. The average molecular weight is 535 g/mol. The van der Waals surface area contributed by atoms with Crippen LogP contribution in [-0.4, -0.2) is 57.7 Å². The maximum absolute atomic E-state index is 13.0. The van der Waals surface area contributed by atoms with Crippen molar-refractivity contribution >= 4 is 51.7 Å². The van der Waals surface area contributed by atoms with E-state index in [1.165, 1.54) is 35.0 Å². The van der Waals surface area contributed by atoms with Crippen LogP contribution in [0.3, 0.4) is 0 Å². The fourth-order valence-electron chi connectivity index (χ4n) is 4.66. The van der Waals surface area contributed by atoms with Gasteiger partial charge in [0.2, 0.25) is 0 Å². The summed E-state index contributed by atoms with van der Waals surface area (Å²) < 4.78 is 2.05. The quantitative estimate of drug-likeness (QED) is 0.201. The number of aromatic nitrogens is 2. The molecule has 36 heavy (non-hydrogen) atoms. The van der Waals surface area contributed by atoms with Crippen LogP contribution in [0.1, 0.15) is 23.4 Å². The van der Waals surface area contributed by atoms with Crippen molar-refractivity contribution in [2.24, 2.45) is 5.16 Å². The number of nitrogens with two attached hydrogens (primary N) is 1. The second-order valence-electron chi connectivity index (χ2n) is 8.26. The van der Waals surface area contributed by atoms with E-state index < -0.39 is 29.2 Å². The van der Waals surface area contributed by atoms with Crippen LogP contribution in [-0.2, 0) is 38.6 Å². The SMILES string of the molecule is CO/N=C(\C(=O)N[C@@H]1C(=O)N2C(C(=O)[O-])=C(C[n+]3cccc4c3CCC4)CS[C@H]12)c1csc(N)n1.F.